The zero-order valence-electron chi connectivity index (χ0n) is 23.4. The zero-order valence-corrected chi connectivity index (χ0v) is 30.9. The van der Waals surface area contributed by atoms with Gasteiger partial charge >= 0.3 is 69.2 Å². The number of carbonyl (C=O) groups is 2. The number of unbranched alkanes of at least 4 members (excludes halogenated alkanes) is 13. The molecule has 0 aliphatic rings. The molecule has 1 unspecified atom stereocenters. The first-order chi connectivity index (χ1) is 15.9. The van der Waals surface area contributed by atoms with Crippen molar-refractivity contribution < 1.29 is 19.8 Å². The molecular formula is C26H56O4S2Sn2. The van der Waals surface area contributed by atoms with E-state index in [0.717, 1.165) is 12.8 Å². The fourth-order valence-electron chi connectivity index (χ4n) is 2.65. The molecule has 0 aromatic carbocycles. The van der Waals surface area contributed by atoms with Crippen molar-refractivity contribution in [3.8, 4) is 0 Å². The number of hydrogen-bond acceptors (Lipinski definition) is 6. The molecule has 4 nitrogen and oxygen atoms in total. The predicted molar refractivity (Wildman–Crippen MR) is 158 cm³/mol. The van der Waals surface area contributed by atoms with Gasteiger partial charge in [0.1, 0.15) is 0 Å². The van der Waals surface area contributed by atoms with Gasteiger partial charge in [0.2, 0.25) is 0 Å². The summed E-state index contributed by atoms with van der Waals surface area (Å²) in [6.45, 7) is 2.26. The number of rotatable bonds is 17. The molecular weight excluding hydrogens is 678 g/mol. The van der Waals surface area contributed by atoms with Crippen LogP contribution in [0, 0.1) is 0 Å². The summed E-state index contributed by atoms with van der Waals surface area (Å²) < 4.78 is 0. The topological polar surface area (TPSA) is 80.3 Å². The maximum absolute atomic E-state index is 10.5. The van der Waals surface area contributed by atoms with Crippen LogP contribution >= 0.6 is 25.3 Å². The fraction of sp³-hybridized carbons (Fsp3) is 0.923. The van der Waals surface area contributed by atoms with Crippen molar-refractivity contribution in [3.63, 3.8) is 0 Å². The number of thiol groups is 2. The van der Waals surface area contributed by atoms with E-state index in [1.54, 1.807) is 0 Å². The fourth-order valence-corrected chi connectivity index (χ4v) is 2.83. The van der Waals surface area contributed by atoms with Gasteiger partial charge in [-0.05, 0) is 6.42 Å². The average molecular weight is 734 g/mol. The summed E-state index contributed by atoms with van der Waals surface area (Å²) in [6, 6.07) is 0. The van der Waals surface area contributed by atoms with Crippen LogP contribution < -0.4 is 10.2 Å². The van der Waals surface area contributed by atoms with Gasteiger partial charge in [0.05, 0.1) is 11.9 Å². The Morgan fingerprint density at radius 3 is 1.09 bits per heavy atom. The molecule has 0 saturated carbocycles. The Bertz CT molecular complexity index is 401. The van der Waals surface area contributed by atoms with Crippen molar-refractivity contribution in [2.45, 2.75) is 138 Å². The summed E-state index contributed by atoms with van der Waals surface area (Å²) in [4.78, 5) is 33.8. The molecule has 0 N–H and O–H groups in total. The zero-order chi connectivity index (χ0) is 27.2. The SMILES string of the molecule is CCCCCCCCCCCCCCCCC(S)C(=O)[O-].O=C([O-])CS.[CH3][Sn+]([CH3])[CH3].[CH3][Sn+]([CH3])[CH3]. The molecule has 0 amide bonds. The van der Waals surface area contributed by atoms with Crippen LogP contribution in [0.15, 0.2) is 0 Å². The molecule has 34 heavy (non-hydrogen) atoms. The number of carboxylic acids is 2. The normalized spacial score (nSPS) is 10.4. The number of carboxylic acid groups (broad SMARTS) is 2. The number of carbonyl (C=O) groups excluding carboxylic acids is 2. The standard InChI is InChI=1S/C18H36O2S.C2H4O2S.6CH3.2Sn/c1-2-3-4-5-6-7-8-9-10-11-12-13-14-15-16-17(21)18(19)20;3-2(4)1-5;;;;;;;;/h17,21H,2-16H2,1H3,(H,19,20);5H,1H2,(H,3,4);6*1H3;;/q;;;;;;;;2*+1/p-2. The average Bonchev–Trinajstić information content (AvgIpc) is 2.73. The molecule has 0 fully saturated rings. The molecule has 0 aliphatic heterocycles. The molecule has 204 valence electrons. The van der Waals surface area contributed by atoms with Gasteiger partial charge in [-0.25, -0.2) is 0 Å². The quantitative estimate of drug-likeness (QED) is 0.104. The van der Waals surface area contributed by atoms with Gasteiger partial charge in [0.25, 0.3) is 0 Å². The first-order valence-corrected chi connectivity index (χ1v) is 31.4. The third-order valence-corrected chi connectivity index (χ3v) is 4.96. The monoisotopic (exact) mass is 736 g/mol. The molecule has 1 atom stereocenters. The van der Waals surface area contributed by atoms with Gasteiger partial charge in [-0.1, -0.05) is 96.8 Å². The molecule has 0 spiro atoms. The van der Waals surface area contributed by atoms with Crippen LogP contribution in [0.25, 0.3) is 0 Å². The molecule has 0 heterocycles. The first-order valence-electron chi connectivity index (χ1n) is 13.1. The Morgan fingerprint density at radius 2 is 0.882 bits per heavy atom. The van der Waals surface area contributed by atoms with E-state index in [4.69, 9.17) is 0 Å². The van der Waals surface area contributed by atoms with Gasteiger partial charge in [-0.15, -0.1) is 0 Å². The number of aliphatic carboxylic acids is 2. The van der Waals surface area contributed by atoms with Gasteiger partial charge in [-0.2, -0.15) is 25.3 Å². The molecule has 0 saturated heterocycles. The van der Waals surface area contributed by atoms with E-state index in [9.17, 15) is 19.8 Å². The molecule has 0 bridgehead atoms. The van der Waals surface area contributed by atoms with Crippen LogP contribution in [0.3, 0.4) is 0 Å². The van der Waals surface area contributed by atoms with Crippen molar-refractivity contribution in [1.29, 1.82) is 0 Å². The van der Waals surface area contributed by atoms with Crippen molar-refractivity contribution >= 4 is 76.7 Å². The van der Waals surface area contributed by atoms with Crippen molar-refractivity contribution in [1.82, 2.24) is 0 Å². The Hall–Kier alpha value is 1.24. The second-order valence-electron chi connectivity index (χ2n) is 9.75. The van der Waals surface area contributed by atoms with E-state index < -0.39 is 56.7 Å². The van der Waals surface area contributed by atoms with Crippen molar-refractivity contribution in [2.24, 2.45) is 0 Å². The van der Waals surface area contributed by atoms with Gasteiger partial charge < -0.3 is 19.8 Å². The summed E-state index contributed by atoms with van der Waals surface area (Å²) in [7, 11) is 0. The summed E-state index contributed by atoms with van der Waals surface area (Å²) in [5.74, 6) is -2.36. The first kappa shape index (κ1) is 42.3. The van der Waals surface area contributed by atoms with Gasteiger partial charge in [0.15, 0.2) is 0 Å². The minimum absolute atomic E-state index is 0.194. The van der Waals surface area contributed by atoms with Crippen LogP contribution in [0.1, 0.15) is 103 Å². The van der Waals surface area contributed by atoms with Crippen LogP contribution in [0.4, 0.5) is 0 Å². The Morgan fingerprint density at radius 1 is 0.647 bits per heavy atom. The van der Waals surface area contributed by atoms with Gasteiger partial charge in [-0.3, -0.25) is 0 Å². The summed E-state index contributed by atoms with van der Waals surface area (Å²) in [6.07, 6.45) is 19.1. The third-order valence-electron chi connectivity index (χ3n) is 4.23. The molecule has 0 aromatic rings. The Balaban J connectivity index is -0.000000281. The summed E-state index contributed by atoms with van der Waals surface area (Å²) >= 11 is 6.25. The van der Waals surface area contributed by atoms with Crippen LogP contribution in [-0.4, -0.2) is 62.5 Å². The van der Waals surface area contributed by atoms with E-state index in [2.05, 4.69) is 61.8 Å². The maximum atomic E-state index is 10.5. The Labute approximate surface area is 238 Å². The minimum atomic E-state index is -1.13. The molecule has 0 aromatic heterocycles. The molecule has 0 radical (unpaired) electrons. The molecule has 0 aliphatic carbocycles. The van der Waals surface area contributed by atoms with E-state index in [0.29, 0.717) is 6.42 Å². The summed E-state index contributed by atoms with van der Waals surface area (Å²) in [5.41, 5.74) is 0. The van der Waals surface area contributed by atoms with Gasteiger partial charge in [0, 0.05) is 11.0 Å². The van der Waals surface area contributed by atoms with E-state index in [-0.39, 0.29) is 5.75 Å². The van der Waals surface area contributed by atoms with E-state index >= 15 is 0 Å². The number of hydrogen-bond donors (Lipinski definition) is 2. The second-order valence-corrected chi connectivity index (χ2v) is 27.8. The molecule has 8 heteroatoms. The second kappa shape index (κ2) is 36.4. The Kier molecular flexibility index (Phi) is 45.3. The van der Waals surface area contributed by atoms with E-state index in [1.165, 1.54) is 77.0 Å². The van der Waals surface area contributed by atoms with Crippen LogP contribution in [0.5, 0.6) is 0 Å². The molecule has 0 rings (SSSR count). The van der Waals surface area contributed by atoms with Crippen molar-refractivity contribution in [3.05, 3.63) is 0 Å². The van der Waals surface area contributed by atoms with Crippen LogP contribution in [-0.2, 0) is 9.59 Å². The van der Waals surface area contributed by atoms with E-state index in [1.807, 2.05) is 0 Å². The van der Waals surface area contributed by atoms with Crippen molar-refractivity contribution in [2.75, 3.05) is 5.75 Å². The van der Waals surface area contributed by atoms with Crippen LogP contribution in [0.2, 0.25) is 29.6 Å². The predicted octanol–water partition coefficient (Wildman–Crippen LogP) is 6.31. The third kappa shape index (κ3) is 64.0. The summed E-state index contributed by atoms with van der Waals surface area (Å²) in [5, 5.41) is 19.1.